The van der Waals surface area contributed by atoms with Gasteiger partial charge >= 0.3 is 0 Å². The molecule has 0 radical (unpaired) electrons. The lowest BCUT2D eigenvalue weighted by molar-refractivity contribution is 0.0390. The Morgan fingerprint density at radius 3 is 2.43 bits per heavy atom. The Morgan fingerprint density at radius 1 is 1.11 bits per heavy atom. The summed E-state index contributed by atoms with van der Waals surface area (Å²) in [5, 5.41) is -1.04. The van der Waals surface area contributed by atoms with Crippen LogP contribution in [0.4, 0.5) is 0 Å². The van der Waals surface area contributed by atoms with Gasteiger partial charge in [0, 0.05) is 26.2 Å². The van der Waals surface area contributed by atoms with Gasteiger partial charge in [0.15, 0.2) is 19.7 Å². The van der Waals surface area contributed by atoms with Crippen LogP contribution in [0.3, 0.4) is 0 Å². The van der Waals surface area contributed by atoms with Crippen LogP contribution in [0.1, 0.15) is 6.42 Å². The molecule has 2 saturated heterocycles. The Morgan fingerprint density at radius 2 is 1.79 bits per heavy atom. The van der Waals surface area contributed by atoms with E-state index in [1.807, 2.05) is 0 Å². The molecule has 1 atom stereocenters. The molecule has 0 bridgehead atoms. The fourth-order valence-electron chi connectivity index (χ4n) is 3.26. The average Bonchev–Trinajstić information content (AvgIpc) is 3.03. The number of rotatable bonds is 7. The molecule has 0 aliphatic carbocycles. The van der Waals surface area contributed by atoms with Crippen molar-refractivity contribution in [3.05, 3.63) is 24.3 Å². The molecule has 1 aromatic carbocycles. The summed E-state index contributed by atoms with van der Waals surface area (Å²) >= 11 is 0. The Bertz CT molecular complexity index is 1010. The van der Waals surface area contributed by atoms with Crippen LogP contribution in [0.25, 0.3) is 0 Å². The predicted octanol–water partition coefficient (Wildman–Crippen LogP) is -0.742. The molecule has 2 aliphatic rings. The van der Waals surface area contributed by atoms with Gasteiger partial charge in [-0.2, -0.15) is 0 Å². The maximum absolute atomic E-state index is 12.7. The molecule has 0 amide bonds. The van der Waals surface area contributed by atoms with E-state index in [9.17, 15) is 25.3 Å². The number of hydrogen-bond donors (Lipinski definition) is 1. The fraction of sp³-hybridized carbons (Fsp3) is 0.625. The zero-order valence-corrected chi connectivity index (χ0v) is 17.7. The van der Waals surface area contributed by atoms with Gasteiger partial charge in [-0.25, -0.2) is 30.0 Å². The summed E-state index contributed by atoms with van der Waals surface area (Å²) in [4.78, 5) is 1.75. The number of sulfonamides is 1. The van der Waals surface area contributed by atoms with E-state index in [-0.39, 0.29) is 28.5 Å². The highest BCUT2D eigenvalue weighted by Crippen LogP contribution is 2.26. The highest BCUT2D eigenvalue weighted by Gasteiger charge is 2.38. The van der Waals surface area contributed by atoms with E-state index >= 15 is 0 Å². The van der Waals surface area contributed by atoms with Gasteiger partial charge in [0.05, 0.1) is 39.8 Å². The molecule has 28 heavy (non-hydrogen) atoms. The quantitative estimate of drug-likeness (QED) is 0.573. The molecule has 0 spiro atoms. The van der Waals surface area contributed by atoms with Gasteiger partial charge in [-0.3, -0.25) is 4.90 Å². The van der Waals surface area contributed by atoms with E-state index < -0.39 is 40.7 Å². The van der Waals surface area contributed by atoms with Crippen molar-refractivity contribution in [1.29, 1.82) is 0 Å². The van der Waals surface area contributed by atoms with Crippen LogP contribution in [0, 0.1) is 0 Å². The molecule has 1 aromatic rings. The minimum Gasteiger partial charge on any atom is -0.379 e. The standard InChI is InChI=1S/C16H24N2O7S3/c19-26(20)11-4-16(13-26)27(21,22)14-2-1-3-15(12-14)28(23,24)17-5-6-18-7-9-25-10-8-18/h1-3,12,16-17H,4-11,13H2. The summed E-state index contributed by atoms with van der Waals surface area (Å²) in [5.41, 5.74) is 0. The second-order valence-electron chi connectivity index (χ2n) is 6.90. The van der Waals surface area contributed by atoms with Crippen LogP contribution in [-0.2, 0) is 34.4 Å². The molecule has 1 N–H and O–H groups in total. The Kier molecular flexibility index (Phi) is 6.47. The van der Waals surface area contributed by atoms with Crippen molar-refractivity contribution in [2.75, 3.05) is 50.9 Å². The van der Waals surface area contributed by atoms with Gasteiger partial charge in [0.2, 0.25) is 10.0 Å². The van der Waals surface area contributed by atoms with Crippen LogP contribution in [0.15, 0.2) is 34.1 Å². The zero-order valence-electron chi connectivity index (χ0n) is 15.3. The molecular weight excluding hydrogens is 428 g/mol. The first-order chi connectivity index (χ1) is 13.1. The summed E-state index contributed by atoms with van der Waals surface area (Å²) in [7, 11) is -11.2. The SMILES string of the molecule is O=S1(=O)CCC(S(=O)(=O)c2cccc(S(=O)(=O)NCCN3CCOCC3)c2)C1. The topological polar surface area (TPSA) is 127 Å². The minimum atomic E-state index is -3.92. The van der Waals surface area contributed by atoms with Crippen molar-refractivity contribution in [2.45, 2.75) is 21.5 Å². The first-order valence-electron chi connectivity index (χ1n) is 8.94. The number of morpholine rings is 1. The summed E-state index contributed by atoms with van der Waals surface area (Å²) < 4.78 is 81.5. The van der Waals surface area contributed by atoms with Gasteiger partial charge in [-0.1, -0.05) is 6.07 Å². The summed E-state index contributed by atoms with van der Waals surface area (Å²) in [6.45, 7) is 3.42. The number of nitrogens with one attached hydrogen (secondary N) is 1. The van der Waals surface area contributed by atoms with Crippen LogP contribution in [0.5, 0.6) is 0 Å². The van der Waals surface area contributed by atoms with E-state index in [4.69, 9.17) is 4.74 Å². The Balaban J connectivity index is 1.71. The monoisotopic (exact) mass is 452 g/mol. The number of benzene rings is 1. The van der Waals surface area contributed by atoms with Crippen molar-refractivity contribution < 1.29 is 30.0 Å². The largest absolute Gasteiger partial charge is 0.379 e. The molecule has 2 heterocycles. The van der Waals surface area contributed by atoms with Crippen LogP contribution < -0.4 is 4.72 Å². The molecule has 2 fully saturated rings. The fourth-order valence-corrected chi connectivity index (χ4v) is 8.81. The van der Waals surface area contributed by atoms with Gasteiger partial charge < -0.3 is 4.74 Å². The molecule has 2 aliphatic heterocycles. The van der Waals surface area contributed by atoms with Crippen molar-refractivity contribution in [2.24, 2.45) is 0 Å². The van der Waals surface area contributed by atoms with Crippen molar-refractivity contribution in [1.82, 2.24) is 9.62 Å². The Labute approximate surface area is 166 Å². The van der Waals surface area contributed by atoms with E-state index in [0.29, 0.717) is 19.8 Å². The number of sulfone groups is 2. The van der Waals surface area contributed by atoms with Crippen molar-refractivity contribution >= 4 is 29.7 Å². The normalized spacial score (nSPS) is 23.6. The van der Waals surface area contributed by atoms with Gasteiger partial charge in [0.25, 0.3) is 0 Å². The maximum Gasteiger partial charge on any atom is 0.240 e. The summed E-state index contributed by atoms with van der Waals surface area (Å²) in [5.74, 6) is -0.595. The number of ether oxygens (including phenoxy) is 1. The van der Waals surface area contributed by atoms with E-state index in [1.165, 1.54) is 18.2 Å². The first-order valence-corrected chi connectivity index (χ1v) is 13.8. The molecule has 3 rings (SSSR count). The van der Waals surface area contributed by atoms with Crippen molar-refractivity contribution in [3.8, 4) is 0 Å². The molecular formula is C16H24N2O7S3. The van der Waals surface area contributed by atoms with Crippen LogP contribution in [0.2, 0.25) is 0 Å². The Hall–Kier alpha value is -1.05. The summed E-state index contributed by atoms with van der Waals surface area (Å²) in [6.07, 6.45) is 0.0272. The molecule has 158 valence electrons. The first kappa shape index (κ1) is 21.7. The van der Waals surface area contributed by atoms with Gasteiger partial charge in [0.1, 0.15) is 0 Å². The number of hydrogen-bond acceptors (Lipinski definition) is 8. The maximum atomic E-state index is 12.7. The van der Waals surface area contributed by atoms with Gasteiger partial charge in [-0.05, 0) is 24.6 Å². The lowest BCUT2D eigenvalue weighted by Crippen LogP contribution is -2.41. The average molecular weight is 453 g/mol. The van der Waals surface area contributed by atoms with Crippen molar-refractivity contribution in [3.63, 3.8) is 0 Å². The van der Waals surface area contributed by atoms with E-state index in [2.05, 4.69) is 9.62 Å². The van der Waals surface area contributed by atoms with Crippen LogP contribution in [-0.4, -0.2) is 86.3 Å². The zero-order chi connectivity index (χ0) is 20.4. The third-order valence-electron chi connectivity index (χ3n) is 4.90. The third kappa shape index (κ3) is 5.10. The van der Waals surface area contributed by atoms with E-state index in [1.54, 1.807) is 0 Å². The molecule has 9 nitrogen and oxygen atoms in total. The minimum absolute atomic E-state index is 0.0272. The molecule has 0 saturated carbocycles. The number of nitrogens with zero attached hydrogens (tertiary/aromatic N) is 1. The molecule has 0 aromatic heterocycles. The van der Waals surface area contributed by atoms with Gasteiger partial charge in [-0.15, -0.1) is 0 Å². The molecule has 1 unspecified atom stereocenters. The second-order valence-corrected chi connectivity index (χ2v) is 13.1. The van der Waals surface area contributed by atoms with Crippen LogP contribution >= 0.6 is 0 Å². The summed E-state index contributed by atoms with van der Waals surface area (Å²) in [6, 6.07) is 5.07. The molecule has 12 heteroatoms. The third-order valence-corrected chi connectivity index (χ3v) is 10.5. The lowest BCUT2D eigenvalue weighted by atomic mass is 10.4. The second kappa shape index (κ2) is 8.36. The highest BCUT2D eigenvalue weighted by atomic mass is 32.2. The lowest BCUT2D eigenvalue weighted by Gasteiger charge is -2.26. The van der Waals surface area contributed by atoms with E-state index in [0.717, 1.165) is 19.2 Å². The smallest absolute Gasteiger partial charge is 0.240 e. The predicted molar refractivity (Wildman–Crippen MR) is 103 cm³/mol. The highest BCUT2D eigenvalue weighted by molar-refractivity contribution is 7.96.